The largest absolute Gasteiger partial charge is 0.376 e. The van der Waals surface area contributed by atoms with E-state index < -0.39 is 0 Å². The summed E-state index contributed by atoms with van der Waals surface area (Å²) in [6.07, 6.45) is 2.35. The highest BCUT2D eigenvalue weighted by Gasteiger charge is 2.21. The van der Waals surface area contributed by atoms with Crippen LogP contribution in [-0.2, 0) is 4.74 Å². The van der Waals surface area contributed by atoms with Crippen molar-refractivity contribution in [3.8, 4) is 0 Å². The van der Waals surface area contributed by atoms with Gasteiger partial charge in [-0.2, -0.15) is 0 Å². The van der Waals surface area contributed by atoms with Crippen LogP contribution in [0.2, 0.25) is 0 Å². The van der Waals surface area contributed by atoms with Gasteiger partial charge in [0.1, 0.15) is 5.82 Å². The summed E-state index contributed by atoms with van der Waals surface area (Å²) in [5.74, 6) is -0.484. The van der Waals surface area contributed by atoms with Crippen LogP contribution in [0, 0.1) is 5.82 Å². The molecule has 0 aliphatic carbocycles. The van der Waals surface area contributed by atoms with Crippen molar-refractivity contribution in [3.05, 3.63) is 29.6 Å². The molecule has 0 saturated carbocycles. The number of Topliss-reactive ketones (excluding diaryl/α,β-unsaturated/α-hetero) is 1. The molecular weight excluding hydrogens is 245 g/mol. The van der Waals surface area contributed by atoms with Gasteiger partial charge in [0.2, 0.25) is 0 Å². The maximum atomic E-state index is 13.3. The van der Waals surface area contributed by atoms with Crippen LogP contribution in [0.5, 0.6) is 0 Å². The number of hydrogen-bond donors (Lipinski definition) is 0. The van der Waals surface area contributed by atoms with E-state index in [-0.39, 0.29) is 17.7 Å². The van der Waals surface area contributed by atoms with Gasteiger partial charge in [0.25, 0.3) is 0 Å². The average molecular weight is 265 g/mol. The molecule has 0 aromatic heterocycles. The van der Waals surface area contributed by atoms with Crippen LogP contribution < -0.4 is 4.90 Å². The van der Waals surface area contributed by atoms with E-state index in [1.807, 2.05) is 6.92 Å². The number of carbonyl (C=O) groups excluding carboxylic acids is 1. The number of rotatable bonds is 5. The zero-order valence-electron chi connectivity index (χ0n) is 11.5. The second-order valence-electron chi connectivity index (χ2n) is 4.89. The van der Waals surface area contributed by atoms with Crippen molar-refractivity contribution in [2.24, 2.45) is 0 Å². The summed E-state index contributed by atoms with van der Waals surface area (Å²) < 4.78 is 18.9. The highest BCUT2D eigenvalue weighted by molar-refractivity contribution is 5.99. The molecule has 0 bridgehead atoms. The highest BCUT2D eigenvalue weighted by atomic mass is 19.1. The molecule has 19 heavy (non-hydrogen) atoms. The van der Waals surface area contributed by atoms with Crippen molar-refractivity contribution in [3.63, 3.8) is 0 Å². The number of ketones is 1. The fourth-order valence-electron chi connectivity index (χ4n) is 2.50. The average Bonchev–Trinajstić information content (AvgIpc) is 2.89. The Bertz CT molecular complexity index is 455. The molecule has 1 aromatic rings. The van der Waals surface area contributed by atoms with Crippen LogP contribution >= 0.6 is 0 Å². The molecule has 1 unspecified atom stereocenters. The third-order valence-corrected chi connectivity index (χ3v) is 3.51. The van der Waals surface area contributed by atoms with E-state index in [2.05, 4.69) is 4.90 Å². The molecule has 0 N–H and O–H groups in total. The van der Waals surface area contributed by atoms with Gasteiger partial charge in [-0.15, -0.1) is 0 Å². The molecule has 1 atom stereocenters. The fourth-order valence-corrected chi connectivity index (χ4v) is 2.50. The third-order valence-electron chi connectivity index (χ3n) is 3.51. The number of likely N-dealkylation sites (N-methyl/N-ethyl adjacent to an activating group) is 1. The lowest BCUT2D eigenvalue weighted by molar-refractivity contribution is 0.101. The van der Waals surface area contributed by atoms with Gasteiger partial charge in [-0.05, 0) is 44.9 Å². The Morgan fingerprint density at radius 3 is 2.89 bits per heavy atom. The number of anilines is 1. The lowest BCUT2D eigenvalue weighted by Gasteiger charge is -2.27. The maximum Gasteiger partial charge on any atom is 0.161 e. The molecule has 1 fully saturated rings. The second kappa shape index (κ2) is 6.15. The molecule has 3 nitrogen and oxygen atoms in total. The predicted octanol–water partition coefficient (Wildman–Crippen LogP) is 3.03. The van der Waals surface area contributed by atoms with Gasteiger partial charge < -0.3 is 9.64 Å². The first-order valence-corrected chi connectivity index (χ1v) is 6.79. The summed E-state index contributed by atoms with van der Waals surface area (Å²) >= 11 is 0. The Balaban J connectivity index is 2.23. The SMILES string of the molecule is CCN(CC1CCCO1)c1ccc(F)cc1C(C)=O. The molecule has 1 saturated heterocycles. The monoisotopic (exact) mass is 265 g/mol. The van der Waals surface area contributed by atoms with Gasteiger partial charge in [0, 0.05) is 30.9 Å². The Hall–Kier alpha value is -1.42. The van der Waals surface area contributed by atoms with Crippen LogP contribution in [0.15, 0.2) is 18.2 Å². The molecule has 0 spiro atoms. The van der Waals surface area contributed by atoms with E-state index in [1.165, 1.54) is 19.1 Å². The van der Waals surface area contributed by atoms with Crippen LogP contribution in [0.25, 0.3) is 0 Å². The maximum absolute atomic E-state index is 13.3. The zero-order chi connectivity index (χ0) is 13.8. The number of nitrogens with zero attached hydrogens (tertiary/aromatic N) is 1. The van der Waals surface area contributed by atoms with Crippen molar-refractivity contribution in [2.75, 3.05) is 24.6 Å². The minimum Gasteiger partial charge on any atom is -0.376 e. The van der Waals surface area contributed by atoms with E-state index >= 15 is 0 Å². The topological polar surface area (TPSA) is 29.5 Å². The quantitative estimate of drug-likeness (QED) is 0.766. The molecule has 0 amide bonds. The number of benzene rings is 1. The number of carbonyl (C=O) groups is 1. The molecule has 1 heterocycles. The molecule has 4 heteroatoms. The van der Waals surface area contributed by atoms with Crippen LogP contribution in [-0.4, -0.2) is 31.6 Å². The summed E-state index contributed by atoms with van der Waals surface area (Å²) in [7, 11) is 0. The first-order chi connectivity index (χ1) is 9.11. The number of hydrogen-bond acceptors (Lipinski definition) is 3. The summed E-state index contributed by atoms with van der Waals surface area (Å²) in [6.45, 7) is 5.83. The van der Waals surface area contributed by atoms with E-state index in [9.17, 15) is 9.18 Å². The predicted molar refractivity (Wildman–Crippen MR) is 73.3 cm³/mol. The molecular formula is C15H20FNO2. The summed E-state index contributed by atoms with van der Waals surface area (Å²) in [5, 5.41) is 0. The van der Waals surface area contributed by atoms with Gasteiger partial charge in [-0.1, -0.05) is 0 Å². The summed E-state index contributed by atoms with van der Waals surface area (Å²) in [6, 6.07) is 4.40. The molecule has 104 valence electrons. The lowest BCUT2D eigenvalue weighted by Crippen LogP contribution is -2.33. The number of ether oxygens (including phenoxy) is 1. The number of halogens is 1. The lowest BCUT2D eigenvalue weighted by atomic mass is 10.1. The molecule has 1 aromatic carbocycles. The van der Waals surface area contributed by atoms with E-state index in [1.54, 1.807) is 6.07 Å². The zero-order valence-corrected chi connectivity index (χ0v) is 11.5. The Morgan fingerprint density at radius 2 is 2.32 bits per heavy atom. The highest BCUT2D eigenvalue weighted by Crippen LogP contribution is 2.24. The van der Waals surface area contributed by atoms with E-state index in [4.69, 9.17) is 4.74 Å². The van der Waals surface area contributed by atoms with Crippen molar-refractivity contribution in [1.82, 2.24) is 0 Å². The van der Waals surface area contributed by atoms with E-state index in [0.717, 1.165) is 38.2 Å². The van der Waals surface area contributed by atoms with Gasteiger partial charge in [0.15, 0.2) is 5.78 Å². The van der Waals surface area contributed by atoms with Gasteiger partial charge in [-0.3, -0.25) is 4.79 Å². The minimum atomic E-state index is -0.373. The molecule has 2 rings (SSSR count). The summed E-state index contributed by atoms with van der Waals surface area (Å²) in [4.78, 5) is 13.7. The standard InChI is InChI=1S/C15H20FNO2/c1-3-17(10-13-5-4-8-19-13)15-7-6-12(16)9-14(15)11(2)18/h6-7,9,13H,3-5,8,10H2,1-2H3. The molecule has 0 radical (unpaired) electrons. The third kappa shape index (κ3) is 3.32. The van der Waals surface area contributed by atoms with Crippen LogP contribution in [0.1, 0.15) is 37.0 Å². The van der Waals surface area contributed by atoms with Gasteiger partial charge >= 0.3 is 0 Å². The van der Waals surface area contributed by atoms with Crippen molar-refractivity contribution in [2.45, 2.75) is 32.8 Å². The van der Waals surface area contributed by atoms with Gasteiger partial charge in [0.05, 0.1) is 6.10 Å². The molecule has 1 aliphatic heterocycles. The Morgan fingerprint density at radius 1 is 1.53 bits per heavy atom. The second-order valence-corrected chi connectivity index (χ2v) is 4.89. The van der Waals surface area contributed by atoms with Crippen molar-refractivity contribution < 1.29 is 13.9 Å². The van der Waals surface area contributed by atoms with Crippen molar-refractivity contribution in [1.29, 1.82) is 0 Å². The van der Waals surface area contributed by atoms with Gasteiger partial charge in [-0.25, -0.2) is 4.39 Å². The normalized spacial score (nSPS) is 18.6. The molecule has 1 aliphatic rings. The summed E-state index contributed by atoms with van der Waals surface area (Å²) in [5.41, 5.74) is 1.24. The van der Waals surface area contributed by atoms with E-state index in [0.29, 0.717) is 5.56 Å². The van der Waals surface area contributed by atoms with Crippen LogP contribution in [0.4, 0.5) is 10.1 Å². The Kier molecular flexibility index (Phi) is 4.53. The Labute approximate surface area is 113 Å². The fraction of sp³-hybridized carbons (Fsp3) is 0.533. The van der Waals surface area contributed by atoms with Crippen molar-refractivity contribution >= 4 is 11.5 Å². The minimum absolute atomic E-state index is 0.111. The smallest absolute Gasteiger partial charge is 0.161 e. The first kappa shape index (κ1) is 14.0. The first-order valence-electron chi connectivity index (χ1n) is 6.79. The van der Waals surface area contributed by atoms with Crippen LogP contribution in [0.3, 0.4) is 0 Å².